The van der Waals surface area contributed by atoms with Crippen LogP contribution in [0.25, 0.3) is 0 Å². The second-order valence-electron chi connectivity index (χ2n) is 5.42. The van der Waals surface area contributed by atoms with Gasteiger partial charge in [-0.25, -0.2) is 17.9 Å². The van der Waals surface area contributed by atoms with Gasteiger partial charge in [0, 0.05) is 6.04 Å². The van der Waals surface area contributed by atoms with Gasteiger partial charge in [0.2, 0.25) is 10.0 Å². The number of rotatable bonds is 4. The monoisotopic (exact) mass is 297 g/mol. The van der Waals surface area contributed by atoms with Crippen LogP contribution in [0.1, 0.15) is 43.0 Å². The van der Waals surface area contributed by atoms with Gasteiger partial charge >= 0.3 is 5.97 Å². The molecule has 0 radical (unpaired) electrons. The molecule has 2 rings (SSSR count). The van der Waals surface area contributed by atoms with Crippen LogP contribution in [0.2, 0.25) is 0 Å². The van der Waals surface area contributed by atoms with E-state index in [2.05, 4.69) is 11.6 Å². The summed E-state index contributed by atoms with van der Waals surface area (Å²) in [7, 11) is -3.65. The largest absolute Gasteiger partial charge is 0.478 e. The van der Waals surface area contributed by atoms with Crippen molar-refractivity contribution in [1.82, 2.24) is 4.72 Å². The molecule has 0 heterocycles. The summed E-state index contributed by atoms with van der Waals surface area (Å²) in [5, 5.41) is 8.92. The van der Waals surface area contributed by atoms with E-state index in [1.807, 2.05) is 0 Å². The Kier molecular flexibility index (Phi) is 4.45. The van der Waals surface area contributed by atoms with Gasteiger partial charge in [-0.2, -0.15) is 0 Å². The second-order valence-corrected chi connectivity index (χ2v) is 7.14. The van der Waals surface area contributed by atoms with Crippen molar-refractivity contribution in [3.05, 3.63) is 29.8 Å². The van der Waals surface area contributed by atoms with E-state index >= 15 is 0 Å². The van der Waals surface area contributed by atoms with Crippen LogP contribution in [-0.4, -0.2) is 25.5 Å². The quantitative estimate of drug-likeness (QED) is 0.892. The van der Waals surface area contributed by atoms with Gasteiger partial charge in [-0.3, -0.25) is 0 Å². The van der Waals surface area contributed by atoms with Crippen molar-refractivity contribution in [3.63, 3.8) is 0 Å². The third-order valence-electron chi connectivity index (χ3n) is 3.65. The smallest absolute Gasteiger partial charge is 0.335 e. The van der Waals surface area contributed by atoms with Crippen LogP contribution in [0.4, 0.5) is 0 Å². The molecule has 2 N–H and O–H groups in total. The highest BCUT2D eigenvalue weighted by Gasteiger charge is 2.25. The minimum absolute atomic E-state index is 0.00984. The average molecular weight is 297 g/mol. The normalized spacial score (nSPS) is 23.4. The summed E-state index contributed by atoms with van der Waals surface area (Å²) in [4.78, 5) is 10.9. The molecule has 0 spiro atoms. The molecule has 2 atom stereocenters. The fraction of sp³-hybridized carbons (Fsp3) is 0.500. The topological polar surface area (TPSA) is 83.5 Å². The molecule has 5 nitrogen and oxygen atoms in total. The number of carbonyl (C=O) groups is 1. The van der Waals surface area contributed by atoms with E-state index in [1.54, 1.807) is 0 Å². The molecule has 0 aliphatic heterocycles. The maximum absolute atomic E-state index is 12.3. The van der Waals surface area contributed by atoms with Crippen molar-refractivity contribution in [2.24, 2.45) is 5.92 Å². The number of aromatic carboxylic acids is 1. The number of hydrogen-bond acceptors (Lipinski definition) is 3. The number of nitrogens with one attached hydrogen (secondary N) is 1. The van der Waals surface area contributed by atoms with Crippen molar-refractivity contribution < 1.29 is 18.3 Å². The Labute approximate surface area is 119 Å². The highest BCUT2D eigenvalue weighted by Crippen LogP contribution is 2.25. The lowest BCUT2D eigenvalue weighted by molar-refractivity contribution is 0.0696. The van der Waals surface area contributed by atoms with Crippen molar-refractivity contribution in [2.75, 3.05) is 0 Å². The Morgan fingerprint density at radius 1 is 1.35 bits per heavy atom. The first-order chi connectivity index (χ1) is 9.38. The van der Waals surface area contributed by atoms with Crippen molar-refractivity contribution in [2.45, 2.75) is 43.5 Å². The molecule has 20 heavy (non-hydrogen) atoms. The van der Waals surface area contributed by atoms with Gasteiger partial charge in [0.15, 0.2) is 0 Å². The van der Waals surface area contributed by atoms with Crippen molar-refractivity contribution in [3.8, 4) is 0 Å². The zero-order valence-corrected chi connectivity index (χ0v) is 12.2. The Bertz CT molecular complexity index is 597. The van der Waals surface area contributed by atoms with Crippen LogP contribution in [0, 0.1) is 5.92 Å². The second kappa shape index (κ2) is 5.93. The van der Waals surface area contributed by atoms with E-state index in [9.17, 15) is 13.2 Å². The van der Waals surface area contributed by atoms with Gasteiger partial charge in [-0.1, -0.05) is 25.8 Å². The van der Waals surface area contributed by atoms with Crippen LogP contribution in [0.15, 0.2) is 29.2 Å². The van der Waals surface area contributed by atoms with Crippen LogP contribution < -0.4 is 4.72 Å². The molecular formula is C14H19NO4S. The van der Waals surface area contributed by atoms with Gasteiger partial charge in [-0.05, 0) is 37.0 Å². The van der Waals surface area contributed by atoms with Gasteiger partial charge in [-0.15, -0.1) is 0 Å². The van der Waals surface area contributed by atoms with Crippen LogP contribution in [0.3, 0.4) is 0 Å². The molecule has 0 amide bonds. The maximum atomic E-state index is 12.3. The summed E-state index contributed by atoms with van der Waals surface area (Å²) in [6.45, 7) is 2.12. The number of carboxylic acid groups (broad SMARTS) is 1. The van der Waals surface area contributed by atoms with E-state index in [0.717, 1.165) is 25.7 Å². The maximum Gasteiger partial charge on any atom is 0.335 e. The molecule has 1 aromatic carbocycles. The molecule has 1 aliphatic rings. The summed E-state index contributed by atoms with van der Waals surface area (Å²) < 4.78 is 27.2. The zero-order chi connectivity index (χ0) is 14.8. The molecule has 6 heteroatoms. The molecule has 1 aromatic rings. The predicted octanol–water partition coefficient (Wildman–Crippen LogP) is 2.24. The molecular weight excluding hydrogens is 278 g/mol. The molecule has 1 aliphatic carbocycles. The fourth-order valence-electron chi connectivity index (χ4n) is 2.62. The van der Waals surface area contributed by atoms with Gasteiger partial charge in [0.1, 0.15) is 0 Å². The molecule has 1 fully saturated rings. The predicted molar refractivity (Wildman–Crippen MR) is 75.1 cm³/mol. The summed E-state index contributed by atoms with van der Waals surface area (Å²) in [6.07, 6.45) is 3.82. The van der Waals surface area contributed by atoms with Crippen LogP contribution in [-0.2, 0) is 10.0 Å². The first-order valence-electron chi connectivity index (χ1n) is 6.74. The van der Waals surface area contributed by atoms with Crippen molar-refractivity contribution >= 4 is 16.0 Å². The summed E-state index contributed by atoms with van der Waals surface area (Å²) in [5.74, 6) is -0.616. The molecule has 110 valence electrons. The SMILES string of the molecule is CC1CCCC(NS(=O)(=O)c2cccc(C(=O)O)c2)C1. The highest BCUT2D eigenvalue weighted by atomic mass is 32.2. The number of sulfonamides is 1. The average Bonchev–Trinajstić information content (AvgIpc) is 2.38. The Morgan fingerprint density at radius 3 is 2.75 bits per heavy atom. The van der Waals surface area contributed by atoms with Gasteiger partial charge < -0.3 is 5.11 Å². The number of hydrogen-bond donors (Lipinski definition) is 2. The third kappa shape index (κ3) is 3.58. The van der Waals surface area contributed by atoms with E-state index in [1.165, 1.54) is 24.3 Å². The Balaban J connectivity index is 2.17. The molecule has 2 unspecified atom stereocenters. The molecule has 0 saturated heterocycles. The molecule has 0 aromatic heterocycles. The third-order valence-corrected chi connectivity index (χ3v) is 5.17. The number of benzene rings is 1. The van der Waals surface area contributed by atoms with E-state index < -0.39 is 16.0 Å². The van der Waals surface area contributed by atoms with E-state index in [4.69, 9.17) is 5.11 Å². The zero-order valence-electron chi connectivity index (χ0n) is 11.4. The number of carboxylic acids is 1. The lowest BCUT2D eigenvalue weighted by Crippen LogP contribution is -2.37. The van der Waals surface area contributed by atoms with Gasteiger partial charge in [0.25, 0.3) is 0 Å². The molecule has 1 saturated carbocycles. The van der Waals surface area contributed by atoms with Crippen molar-refractivity contribution in [1.29, 1.82) is 0 Å². The molecule has 0 bridgehead atoms. The Morgan fingerprint density at radius 2 is 2.10 bits per heavy atom. The lowest BCUT2D eigenvalue weighted by atomic mass is 9.88. The van der Waals surface area contributed by atoms with E-state index in [0.29, 0.717) is 5.92 Å². The summed E-state index contributed by atoms with van der Waals surface area (Å²) >= 11 is 0. The van der Waals surface area contributed by atoms with Crippen LogP contribution >= 0.6 is 0 Å². The lowest BCUT2D eigenvalue weighted by Gasteiger charge is -2.27. The van der Waals surface area contributed by atoms with E-state index in [-0.39, 0.29) is 16.5 Å². The summed E-state index contributed by atoms with van der Waals surface area (Å²) in [6, 6.07) is 5.38. The highest BCUT2D eigenvalue weighted by molar-refractivity contribution is 7.89. The first kappa shape index (κ1) is 15.0. The first-order valence-corrected chi connectivity index (χ1v) is 8.22. The Hall–Kier alpha value is -1.40. The standard InChI is InChI=1S/C14H19NO4S/c1-10-4-2-6-12(8-10)15-20(18,19)13-7-3-5-11(9-13)14(16)17/h3,5,7,9-10,12,15H,2,4,6,8H2,1H3,(H,16,17). The van der Waals surface area contributed by atoms with Crippen LogP contribution in [0.5, 0.6) is 0 Å². The minimum atomic E-state index is -3.65. The fourth-order valence-corrected chi connectivity index (χ4v) is 3.95. The summed E-state index contributed by atoms with van der Waals surface area (Å²) in [5.41, 5.74) is -0.0233. The minimum Gasteiger partial charge on any atom is -0.478 e. The van der Waals surface area contributed by atoms with Gasteiger partial charge in [0.05, 0.1) is 10.5 Å².